The van der Waals surface area contributed by atoms with Crippen LogP contribution < -0.4 is 0 Å². The van der Waals surface area contributed by atoms with Gasteiger partial charge in [0.05, 0.1) is 5.75 Å². The van der Waals surface area contributed by atoms with Gasteiger partial charge in [0.1, 0.15) is 0 Å². The lowest BCUT2D eigenvalue weighted by Gasteiger charge is -2.05. The number of benzene rings is 1. The summed E-state index contributed by atoms with van der Waals surface area (Å²) in [5, 5.41) is 0. The molecule has 0 heterocycles. The Morgan fingerprint density at radius 3 is 2.14 bits per heavy atom. The number of hydrogen-bond acceptors (Lipinski definition) is 2. The van der Waals surface area contributed by atoms with Gasteiger partial charge in [-0.05, 0) is 12.5 Å². The quantitative estimate of drug-likeness (QED) is 0.540. The van der Waals surface area contributed by atoms with Crippen molar-refractivity contribution in [1.82, 2.24) is 0 Å². The Kier molecular flexibility index (Phi) is 4.63. The standard InChI is InChI=1S/C9H10I2O2S/c1-7-2-4-8(5-3-7)6-14(12,13)9(10)11/h2-5,9H,6H2,1H3. The lowest BCUT2D eigenvalue weighted by molar-refractivity contribution is 0.600. The first-order chi connectivity index (χ1) is 6.42. The highest BCUT2D eigenvalue weighted by atomic mass is 127. The van der Waals surface area contributed by atoms with E-state index in [1.165, 1.54) is 0 Å². The van der Waals surface area contributed by atoms with E-state index >= 15 is 0 Å². The molecule has 1 aromatic carbocycles. The number of rotatable bonds is 3. The molecule has 0 aliphatic carbocycles. The van der Waals surface area contributed by atoms with Crippen LogP contribution in [0.15, 0.2) is 24.3 Å². The summed E-state index contributed by atoms with van der Waals surface area (Å²) in [4.78, 5) is 0. The SMILES string of the molecule is Cc1ccc(CS(=O)(=O)C(I)I)cc1. The summed E-state index contributed by atoms with van der Waals surface area (Å²) in [7, 11) is -2.99. The Labute approximate surface area is 112 Å². The Hall–Kier alpha value is 0.630. The summed E-state index contributed by atoms with van der Waals surface area (Å²) in [6, 6.07) is 7.59. The maximum Gasteiger partial charge on any atom is 0.175 e. The highest BCUT2D eigenvalue weighted by Gasteiger charge is 2.19. The van der Waals surface area contributed by atoms with Gasteiger partial charge in [-0.2, -0.15) is 0 Å². The Balaban J connectivity index is 2.85. The molecule has 0 N–H and O–H groups in total. The molecule has 0 unspecified atom stereocenters. The van der Waals surface area contributed by atoms with Gasteiger partial charge in [-0.25, -0.2) is 8.42 Å². The van der Waals surface area contributed by atoms with Gasteiger partial charge in [-0.1, -0.05) is 75.0 Å². The second-order valence-corrected chi connectivity index (χ2v) is 11.7. The first-order valence-corrected chi connectivity index (χ1v) is 8.18. The maximum absolute atomic E-state index is 11.6. The zero-order valence-electron chi connectivity index (χ0n) is 7.57. The molecule has 0 radical (unpaired) electrons. The summed E-state index contributed by atoms with van der Waals surface area (Å²) in [5.74, 6) is 0.129. The van der Waals surface area contributed by atoms with Crippen LogP contribution in [-0.2, 0) is 15.6 Å². The fourth-order valence-corrected chi connectivity index (χ4v) is 2.84. The zero-order valence-corrected chi connectivity index (χ0v) is 12.7. The van der Waals surface area contributed by atoms with Crippen LogP contribution in [0, 0.1) is 6.92 Å². The molecule has 2 nitrogen and oxygen atoms in total. The van der Waals surface area contributed by atoms with Gasteiger partial charge in [0, 0.05) is 0 Å². The van der Waals surface area contributed by atoms with E-state index in [9.17, 15) is 8.42 Å². The predicted molar refractivity (Wildman–Crippen MR) is 75.6 cm³/mol. The van der Waals surface area contributed by atoms with Crippen molar-refractivity contribution in [2.75, 3.05) is 0 Å². The third kappa shape index (κ3) is 3.65. The topological polar surface area (TPSA) is 34.1 Å². The molecule has 0 amide bonds. The molecule has 1 rings (SSSR count). The average Bonchev–Trinajstić information content (AvgIpc) is 2.08. The molecule has 0 bridgehead atoms. The molecule has 0 aliphatic rings. The van der Waals surface area contributed by atoms with Gasteiger partial charge >= 0.3 is 0 Å². The van der Waals surface area contributed by atoms with Crippen LogP contribution in [0.25, 0.3) is 0 Å². The number of alkyl halides is 2. The fraction of sp³-hybridized carbons (Fsp3) is 0.333. The van der Waals surface area contributed by atoms with Crippen molar-refractivity contribution in [1.29, 1.82) is 0 Å². The first kappa shape index (κ1) is 12.7. The second-order valence-electron chi connectivity index (χ2n) is 3.05. The Morgan fingerprint density at radius 2 is 1.71 bits per heavy atom. The summed E-state index contributed by atoms with van der Waals surface area (Å²) in [6.45, 7) is 1.98. The van der Waals surface area contributed by atoms with Gasteiger partial charge in [-0.15, -0.1) is 0 Å². The summed E-state index contributed by atoms with van der Waals surface area (Å²) in [6.07, 6.45) is 0. The normalized spacial score (nSPS) is 12.0. The van der Waals surface area contributed by atoms with Crippen LogP contribution in [0.3, 0.4) is 0 Å². The maximum atomic E-state index is 11.6. The van der Waals surface area contributed by atoms with Crippen LogP contribution in [0.4, 0.5) is 0 Å². The molecule has 0 atom stereocenters. The Morgan fingerprint density at radius 1 is 1.21 bits per heavy atom. The summed E-state index contributed by atoms with van der Waals surface area (Å²) in [5.41, 5.74) is 2.00. The predicted octanol–water partition coefficient (Wildman–Crippen LogP) is 3.06. The molecule has 0 aliphatic heterocycles. The summed E-state index contributed by atoms with van der Waals surface area (Å²) < 4.78 is 22.8. The van der Waals surface area contributed by atoms with E-state index in [1.54, 1.807) is 0 Å². The van der Waals surface area contributed by atoms with Gasteiger partial charge in [-0.3, -0.25) is 0 Å². The molecule has 78 valence electrons. The molecule has 0 aromatic heterocycles. The second kappa shape index (κ2) is 5.11. The number of halogens is 2. The zero-order chi connectivity index (χ0) is 10.8. The molecule has 0 saturated carbocycles. The minimum absolute atomic E-state index is 0.129. The molecule has 0 spiro atoms. The Bertz CT molecular complexity index is 395. The fourth-order valence-electron chi connectivity index (χ4n) is 0.980. The van der Waals surface area contributed by atoms with Gasteiger partial charge < -0.3 is 0 Å². The van der Waals surface area contributed by atoms with E-state index in [0.29, 0.717) is 0 Å². The van der Waals surface area contributed by atoms with Crippen LogP contribution >= 0.6 is 45.2 Å². The smallest absolute Gasteiger partial charge is 0.175 e. The molecule has 0 saturated heterocycles. The lowest BCUT2D eigenvalue weighted by atomic mass is 10.2. The summed E-state index contributed by atoms with van der Waals surface area (Å²) >= 11 is 3.83. The average molecular weight is 436 g/mol. The van der Waals surface area contributed by atoms with E-state index in [4.69, 9.17) is 0 Å². The number of aryl methyl sites for hydroxylation is 1. The van der Waals surface area contributed by atoms with Crippen molar-refractivity contribution in [3.63, 3.8) is 0 Å². The third-order valence-corrected chi connectivity index (χ3v) is 7.69. The van der Waals surface area contributed by atoms with Crippen molar-refractivity contribution >= 4 is 55.0 Å². The molecular weight excluding hydrogens is 426 g/mol. The van der Waals surface area contributed by atoms with E-state index in [1.807, 2.05) is 76.4 Å². The van der Waals surface area contributed by atoms with Crippen LogP contribution in [-0.4, -0.2) is 9.68 Å². The highest BCUT2D eigenvalue weighted by Crippen LogP contribution is 2.21. The number of hydrogen-bond donors (Lipinski definition) is 0. The van der Waals surface area contributed by atoms with Crippen LogP contribution in [0.2, 0.25) is 0 Å². The van der Waals surface area contributed by atoms with E-state index in [0.717, 1.165) is 11.1 Å². The van der Waals surface area contributed by atoms with Crippen LogP contribution in [0.1, 0.15) is 11.1 Å². The molecule has 0 fully saturated rings. The highest BCUT2D eigenvalue weighted by molar-refractivity contribution is 14.2. The monoisotopic (exact) mass is 436 g/mol. The van der Waals surface area contributed by atoms with Crippen molar-refractivity contribution in [2.24, 2.45) is 0 Å². The minimum Gasteiger partial charge on any atom is -0.227 e. The molecule has 5 heteroatoms. The van der Waals surface area contributed by atoms with E-state index in [-0.39, 0.29) is 7.02 Å². The van der Waals surface area contributed by atoms with Gasteiger partial charge in [0.15, 0.2) is 11.1 Å². The molecule has 14 heavy (non-hydrogen) atoms. The third-order valence-electron chi connectivity index (χ3n) is 1.76. The van der Waals surface area contributed by atoms with Crippen molar-refractivity contribution in [3.05, 3.63) is 35.4 Å². The van der Waals surface area contributed by atoms with Gasteiger partial charge in [0.25, 0.3) is 0 Å². The first-order valence-electron chi connectivity index (χ1n) is 3.97. The van der Waals surface area contributed by atoms with E-state index < -0.39 is 9.84 Å². The molecular formula is C9H10I2O2S. The minimum atomic E-state index is -2.99. The number of sulfone groups is 1. The van der Waals surface area contributed by atoms with Crippen molar-refractivity contribution in [3.8, 4) is 0 Å². The van der Waals surface area contributed by atoms with Crippen molar-refractivity contribution in [2.45, 2.75) is 13.9 Å². The largest absolute Gasteiger partial charge is 0.227 e. The molecule has 1 aromatic rings. The lowest BCUT2D eigenvalue weighted by Crippen LogP contribution is -2.10. The van der Waals surface area contributed by atoms with Crippen molar-refractivity contribution < 1.29 is 8.42 Å². The van der Waals surface area contributed by atoms with Crippen LogP contribution in [0.5, 0.6) is 0 Å². The van der Waals surface area contributed by atoms with E-state index in [2.05, 4.69) is 0 Å². The van der Waals surface area contributed by atoms with Gasteiger partial charge in [0.2, 0.25) is 0 Å².